The van der Waals surface area contributed by atoms with E-state index in [0.717, 1.165) is 30.1 Å². The van der Waals surface area contributed by atoms with Gasteiger partial charge in [-0.3, -0.25) is 0 Å². The van der Waals surface area contributed by atoms with Crippen LogP contribution in [0.25, 0.3) is 0 Å². The average molecular weight is 206 g/mol. The van der Waals surface area contributed by atoms with Crippen LogP contribution in [0, 0.1) is 29.6 Å². The lowest BCUT2D eigenvalue weighted by atomic mass is 9.69. The van der Waals surface area contributed by atoms with Crippen molar-refractivity contribution in [3.05, 3.63) is 11.6 Å². The van der Waals surface area contributed by atoms with Crippen molar-refractivity contribution in [1.29, 1.82) is 0 Å². The molecule has 15 heavy (non-hydrogen) atoms. The van der Waals surface area contributed by atoms with Gasteiger partial charge in [0.1, 0.15) is 6.79 Å². The largest absolute Gasteiger partial charge is 0.371 e. The van der Waals surface area contributed by atoms with Gasteiger partial charge in [-0.15, -0.1) is 0 Å². The molecule has 4 bridgehead atoms. The molecule has 0 radical (unpaired) electrons. The Morgan fingerprint density at radius 1 is 1.33 bits per heavy atom. The summed E-state index contributed by atoms with van der Waals surface area (Å²) in [7, 11) is 0. The van der Waals surface area contributed by atoms with Gasteiger partial charge in [-0.25, -0.2) is 0 Å². The fraction of sp³-hybridized carbons (Fsp3) is 0.846. The minimum absolute atomic E-state index is 0.103. The third kappa shape index (κ3) is 0.974. The standard InChI is InChI=1S/C13H18O2/c14-6-15-11-5-9-4-10(11)13-8-2-1-7(3-8)12(9)13/h4,7-8,10-14H,1-3,5-6H2. The van der Waals surface area contributed by atoms with Crippen molar-refractivity contribution in [2.24, 2.45) is 29.6 Å². The molecule has 6 atom stereocenters. The van der Waals surface area contributed by atoms with Crippen LogP contribution in [-0.4, -0.2) is 18.0 Å². The summed E-state index contributed by atoms with van der Waals surface area (Å²) in [5, 5.41) is 8.88. The Balaban J connectivity index is 1.62. The Bertz CT molecular complexity index is 322. The highest BCUT2D eigenvalue weighted by atomic mass is 16.6. The van der Waals surface area contributed by atoms with Crippen LogP contribution in [0.5, 0.6) is 0 Å². The summed E-state index contributed by atoms with van der Waals surface area (Å²) in [6.07, 6.45) is 8.31. The van der Waals surface area contributed by atoms with E-state index >= 15 is 0 Å². The van der Waals surface area contributed by atoms with Crippen LogP contribution < -0.4 is 0 Å². The Labute approximate surface area is 90.3 Å². The zero-order chi connectivity index (χ0) is 9.99. The van der Waals surface area contributed by atoms with Crippen LogP contribution in [0.1, 0.15) is 25.7 Å². The van der Waals surface area contributed by atoms with Gasteiger partial charge in [0.2, 0.25) is 0 Å². The minimum atomic E-state index is -0.103. The van der Waals surface area contributed by atoms with Crippen molar-refractivity contribution < 1.29 is 9.84 Å². The first-order valence-corrected chi connectivity index (χ1v) is 6.31. The van der Waals surface area contributed by atoms with Crippen molar-refractivity contribution >= 4 is 0 Å². The molecule has 0 spiro atoms. The third-order valence-electron chi connectivity index (χ3n) is 5.41. The lowest BCUT2D eigenvalue weighted by molar-refractivity contribution is -0.0822. The van der Waals surface area contributed by atoms with Gasteiger partial charge in [0.05, 0.1) is 6.10 Å². The summed E-state index contributed by atoms with van der Waals surface area (Å²) in [5.74, 6) is 4.44. The number of fused-ring (bicyclic) bond motifs is 8. The fourth-order valence-electron chi connectivity index (χ4n) is 5.10. The summed E-state index contributed by atoms with van der Waals surface area (Å²) in [6, 6.07) is 0. The highest BCUT2D eigenvalue weighted by Gasteiger charge is 2.58. The van der Waals surface area contributed by atoms with Crippen molar-refractivity contribution in [2.45, 2.75) is 31.8 Å². The molecular formula is C13H18O2. The average Bonchev–Trinajstić information content (AvgIpc) is 2.95. The molecule has 0 amide bonds. The van der Waals surface area contributed by atoms with Crippen LogP contribution in [0.2, 0.25) is 0 Å². The molecule has 4 aliphatic rings. The number of ether oxygens (including phenoxy) is 1. The van der Waals surface area contributed by atoms with E-state index in [4.69, 9.17) is 9.84 Å². The molecule has 0 aromatic heterocycles. The molecule has 82 valence electrons. The van der Waals surface area contributed by atoms with Crippen LogP contribution in [0.15, 0.2) is 11.6 Å². The summed E-state index contributed by atoms with van der Waals surface area (Å²) >= 11 is 0. The minimum Gasteiger partial charge on any atom is -0.371 e. The van der Waals surface area contributed by atoms with Crippen molar-refractivity contribution in [3.8, 4) is 0 Å². The smallest absolute Gasteiger partial charge is 0.143 e. The molecule has 6 unspecified atom stereocenters. The molecule has 4 aliphatic carbocycles. The highest BCUT2D eigenvalue weighted by molar-refractivity contribution is 5.31. The van der Waals surface area contributed by atoms with Crippen LogP contribution >= 0.6 is 0 Å². The highest BCUT2D eigenvalue weighted by Crippen LogP contribution is 2.65. The van der Waals surface area contributed by atoms with Gasteiger partial charge in [-0.2, -0.15) is 0 Å². The second kappa shape index (κ2) is 2.86. The summed E-state index contributed by atoms with van der Waals surface area (Å²) < 4.78 is 5.46. The zero-order valence-corrected chi connectivity index (χ0v) is 8.93. The Kier molecular flexibility index (Phi) is 1.67. The summed E-state index contributed by atoms with van der Waals surface area (Å²) in [6.45, 7) is -0.103. The predicted molar refractivity (Wildman–Crippen MR) is 56.0 cm³/mol. The third-order valence-corrected chi connectivity index (χ3v) is 5.41. The first-order chi connectivity index (χ1) is 7.38. The molecule has 0 aromatic rings. The van der Waals surface area contributed by atoms with E-state index < -0.39 is 0 Å². The first-order valence-electron chi connectivity index (χ1n) is 6.31. The van der Waals surface area contributed by atoms with Gasteiger partial charge in [-0.1, -0.05) is 11.6 Å². The molecule has 2 fully saturated rings. The lowest BCUT2D eigenvalue weighted by Crippen LogP contribution is -2.36. The van der Waals surface area contributed by atoms with Crippen molar-refractivity contribution in [2.75, 3.05) is 6.79 Å². The van der Waals surface area contributed by atoms with E-state index in [9.17, 15) is 0 Å². The van der Waals surface area contributed by atoms with Crippen LogP contribution in [0.3, 0.4) is 0 Å². The van der Waals surface area contributed by atoms with E-state index in [-0.39, 0.29) is 6.79 Å². The van der Waals surface area contributed by atoms with E-state index in [1.165, 1.54) is 19.3 Å². The van der Waals surface area contributed by atoms with E-state index in [1.54, 1.807) is 5.57 Å². The summed E-state index contributed by atoms with van der Waals surface area (Å²) in [4.78, 5) is 0. The molecule has 2 saturated carbocycles. The Hall–Kier alpha value is -0.340. The quantitative estimate of drug-likeness (QED) is 0.552. The molecule has 2 heteroatoms. The van der Waals surface area contributed by atoms with Crippen LogP contribution in [0.4, 0.5) is 0 Å². The topological polar surface area (TPSA) is 29.5 Å². The van der Waals surface area contributed by atoms with Gasteiger partial charge < -0.3 is 9.84 Å². The van der Waals surface area contributed by atoms with Gasteiger partial charge in [-0.05, 0) is 49.4 Å². The molecule has 0 aromatic carbocycles. The summed E-state index contributed by atoms with van der Waals surface area (Å²) in [5.41, 5.74) is 1.68. The van der Waals surface area contributed by atoms with Crippen LogP contribution in [-0.2, 0) is 4.74 Å². The van der Waals surface area contributed by atoms with E-state index in [1.807, 2.05) is 0 Å². The van der Waals surface area contributed by atoms with Crippen molar-refractivity contribution in [3.63, 3.8) is 0 Å². The number of rotatable bonds is 2. The molecule has 0 heterocycles. The van der Waals surface area contributed by atoms with Gasteiger partial charge in [0, 0.05) is 5.92 Å². The number of aliphatic hydroxyl groups is 1. The Morgan fingerprint density at radius 3 is 3.07 bits per heavy atom. The normalized spacial score (nSPS) is 54.9. The maximum absolute atomic E-state index is 8.88. The first kappa shape index (κ1) is 8.77. The van der Waals surface area contributed by atoms with E-state index in [0.29, 0.717) is 12.0 Å². The zero-order valence-electron chi connectivity index (χ0n) is 8.93. The predicted octanol–water partition coefficient (Wildman–Crippen LogP) is 1.94. The number of hydrogen-bond acceptors (Lipinski definition) is 2. The maximum Gasteiger partial charge on any atom is 0.143 e. The molecular weight excluding hydrogens is 188 g/mol. The number of aliphatic hydroxyl groups excluding tert-OH is 1. The van der Waals surface area contributed by atoms with Gasteiger partial charge in [0.15, 0.2) is 0 Å². The lowest BCUT2D eigenvalue weighted by Gasteiger charge is -2.38. The fourth-order valence-corrected chi connectivity index (χ4v) is 5.10. The van der Waals surface area contributed by atoms with Gasteiger partial charge in [0.25, 0.3) is 0 Å². The molecule has 0 aliphatic heterocycles. The molecule has 1 N–H and O–H groups in total. The second-order valence-electron chi connectivity index (χ2n) is 5.79. The number of hydrogen-bond donors (Lipinski definition) is 1. The van der Waals surface area contributed by atoms with E-state index in [2.05, 4.69) is 6.08 Å². The SMILES string of the molecule is OCOC1CC2=CC1C1C3CCC(C3)C21. The second-order valence-corrected chi connectivity index (χ2v) is 5.79. The monoisotopic (exact) mass is 206 g/mol. The Morgan fingerprint density at radius 2 is 2.20 bits per heavy atom. The van der Waals surface area contributed by atoms with Gasteiger partial charge >= 0.3 is 0 Å². The van der Waals surface area contributed by atoms with Crippen molar-refractivity contribution in [1.82, 2.24) is 0 Å². The molecule has 2 nitrogen and oxygen atoms in total. The maximum atomic E-state index is 8.88. The molecule has 4 rings (SSSR count). The molecule has 0 saturated heterocycles.